The summed E-state index contributed by atoms with van der Waals surface area (Å²) in [7, 11) is 1.25. The molecular weight excluding hydrogens is 186 g/mol. The van der Waals surface area contributed by atoms with Crippen LogP contribution in [0.2, 0.25) is 0 Å². The minimum Gasteiger partial charge on any atom is -0.505 e. The summed E-state index contributed by atoms with van der Waals surface area (Å²) in [4.78, 5) is 13.8. The third-order valence-electron chi connectivity index (χ3n) is 1.55. The molecule has 0 aliphatic rings. The molecule has 0 aromatic heterocycles. The van der Waals surface area contributed by atoms with Gasteiger partial charge >= 0.3 is 5.97 Å². The van der Waals surface area contributed by atoms with Crippen LogP contribution in [0.25, 0.3) is 0 Å². The van der Waals surface area contributed by atoms with E-state index in [-0.39, 0.29) is 17.0 Å². The zero-order valence-corrected chi connectivity index (χ0v) is 7.39. The lowest BCUT2D eigenvalue weighted by atomic mass is 10.2. The summed E-state index contributed by atoms with van der Waals surface area (Å²) >= 11 is 0. The molecule has 0 unspecified atom stereocenters. The highest BCUT2D eigenvalue weighted by molar-refractivity contribution is 5.90. The van der Waals surface area contributed by atoms with E-state index >= 15 is 0 Å². The van der Waals surface area contributed by atoms with Crippen molar-refractivity contribution in [3.8, 4) is 5.75 Å². The number of nitrogens with zero attached hydrogens (tertiary/aromatic N) is 2. The summed E-state index contributed by atoms with van der Waals surface area (Å²) in [5.74, 6) is -0.680. The van der Waals surface area contributed by atoms with E-state index in [0.717, 1.165) is 0 Å². The number of methoxy groups -OCH3 is 1. The van der Waals surface area contributed by atoms with E-state index in [4.69, 9.17) is 5.53 Å². The van der Waals surface area contributed by atoms with Crippen LogP contribution in [0.1, 0.15) is 10.4 Å². The highest BCUT2D eigenvalue weighted by Crippen LogP contribution is 2.26. The van der Waals surface area contributed by atoms with Crippen molar-refractivity contribution in [2.75, 3.05) is 7.11 Å². The zero-order chi connectivity index (χ0) is 10.6. The minimum absolute atomic E-state index is 0.0582. The molecule has 6 nitrogen and oxygen atoms in total. The molecule has 1 aromatic rings. The van der Waals surface area contributed by atoms with Gasteiger partial charge in [-0.15, -0.1) is 0 Å². The lowest BCUT2D eigenvalue weighted by molar-refractivity contribution is 0.0601. The standard InChI is InChI=1S/C8H7N3O3/c1-14-8(13)5-2-3-7(12)6(4-5)10-11-9/h2-4,9H,1H3/p+1. The summed E-state index contributed by atoms with van der Waals surface area (Å²) in [5, 5.41) is 12.5. The summed E-state index contributed by atoms with van der Waals surface area (Å²) in [5.41, 5.74) is 6.79. The maximum absolute atomic E-state index is 11.1. The van der Waals surface area contributed by atoms with Crippen LogP contribution < -0.4 is 4.91 Å². The first-order valence-electron chi connectivity index (χ1n) is 3.68. The van der Waals surface area contributed by atoms with Gasteiger partial charge in [0.2, 0.25) is 4.91 Å². The van der Waals surface area contributed by atoms with Crippen molar-refractivity contribution >= 4 is 11.7 Å². The number of phenols is 1. The second-order valence-electron chi connectivity index (χ2n) is 2.40. The lowest BCUT2D eigenvalue weighted by Gasteiger charge is -1.98. The van der Waals surface area contributed by atoms with Crippen LogP contribution in [0.4, 0.5) is 5.69 Å². The Kier molecular flexibility index (Phi) is 2.93. The fourth-order valence-electron chi connectivity index (χ4n) is 0.902. The van der Waals surface area contributed by atoms with Crippen molar-refractivity contribution in [2.45, 2.75) is 0 Å². The number of carbonyl (C=O) groups excluding carboxylic acids is 1. The van der Waals surface area contributed by atoms with Crippen molar-refractivity contribution in [1.82, 2.24) is 4.91 Å². The van der Waals surface area contributed by atoms with Crippen LogP contribution in [-0.4, -0.2) is 18.2 Å². The fourth-order valence-corrected chi connectivity index (χ4v) is 0.902. The molecule has 0 atom stereocenters. The molecule has 72 valence electrons. The van der Waals surface area contributed by atoms with Crippen LogP contribution in [0.5, 0.6) is 5.75 Å². The number of ether oxygens (including phenoxy) is 1. The largest absolute Gasteiger partial charge is 0.505 e. The molecule has 0 aliphatic carbocycles. The van der Waals surface area contributed by atoms with Gasteiger partial charge in [0, 0.05) is 0 Å². The molecule has 1 aromatic carbocycles. The van der Waals surface area contributed by atoms with E-state index in [1.54, 1.807) is 0 Å². The number of benzene rings is 1. The minimum atomic E-state index is -0.536. The molecule has 0 heterocycles. The highest BCUT2D eigenvalue weighted by Gasteiger charge is 2.11. The molecule has 0 aliphatic heterocycles. The van der Waals surface area contributed by atoms with Crippen molar-refractivity contribution in [2.24, 2.45) is 5.11 Å². The second-order valence-corrected chi connectivity index (χ2v) is 2.40. The quantitative estimate of drug-likeness (QED) is 0.422. The van der Waals surface area contributed by atoms with Gasteiger partial charge in [0.15, 0.2) is 10.8 Å². The maximum atomic E-state index is 11.1. The molecule has 2 N–H and O–H groups in total. The molecule has 0 saturated heterocycles. The van der Waals surface area contributed by atoms with Gasteiger partial charge in [-0.25, -0.2) is 4.79 Å². The number of esters is 1. The Morgan fingerprint density at radius 2 is 2.36 bits per heavy atom. The average Bonchev–Trinajstić information content (AvgIpc) is 2.20. The average molecular weight is 194 g/mol. The Hall–Kier alpha value is -2.20. The van der Waals surface area contributed by atoms with Crippen molar-refractivity contribution < 1.29 is 14.6 Å². The fraction of sp³-hybridized carbons (Fsp3) is 0.125. The van der Waals surface area contributed by atoms with Crippen LogP contribution in [0.3, 0.4) is 0 Å². The van der Waals surface area contributed by atoms with Crippen molar-refractivity contribution in [1.29, 1.82) is 5.53 Å². The third-order valence-corrected chi connectivity index (χ3v) is 1.55. The summed E-state index contributed by atoms with van der Waals surface area (Å²) < 4.78 is 4.47. The molecule has 6 heteroatoms. The Labute approximate surface area is 79.4 Å². The van der Waals surface area contributed by atoms with E-state index in [0.29, 0.717) is 0 Å². The van der Waals surface area contributed by atoms with Gasteiger partial charge in [0.05, 0.1) is 12.7 Å². The van der Waals surface area contributed by atoms with Crippen molar-refractivity contribution in [3.05, 3.63) is 23.8 Å². The number of phenolic OH excluding ortho intramolecular Hbond substituents is 1. The van der Waals surface area contributed by atoms with Gasteiger partial charge in [-0.3, -0.25) is 0 Å². The van der Waals surface area contributed by atoms with Gasteiger partial charge in [0.25, 0.3) is 0 Å². The molecule has 0 amide bonds. The number of aromatic hydroxyl groups is 1. The van der Waals surface area contributed by atoms with Gasteiger partial charge < -0.3 is 9.84 Å². The number of hydrogen-bond donors (Lipinski definition) is 2. The Balaban J connectivity index is 3.18. The topological polar surface area (TPSA) is 96.8 Å². The SMILES string of the molecule is COC(=O)c1ccc(O)c(N=[N+]=N)c1. The monoisotopic (exact) mass is 194 g/mol. The normalized spacial score (nSPS) is 8.93. The van der Waals surface area contributed by atoms with E-state index < -0.39 is 5.97 Å². The van der Waals surface area contributed by atoms with Crippen LogP contribution in [-0.2, 0) is 4.74 Å². The number of rotatable bonds is 2. The molecule has 0 radical (unpaired) electrons. The predicted molar refractivity (Wildman–Crippen MR) is 46.4 cm³/mol. The predicted octanol–water partition coefficient (Wildman–Crippen LogP) is 1.36. The van der Waals surface area contributed by atoms with Gasteiger partial charge in [0.1, 0.15) is 11.3 Å². The molecule has 14 heavy (non-hydrogen) atoms. The van der Waals surface area contributed by atoms with Crippen molar-refractivity contribution in [3.63, 3.8) is 0 Å². The van der Waals surface area contributed by atoms with E-state index in [2.05, 4.69) is 14.8 Å². The molecule has 0 fully saturated rings. The first kappa shape index (κ1) is 9.88. The number of carbonyl (C=O) groups is 1. The molecule has 1 rings (SSSR count). The molecule has 0 spiro atoms. The van der Waals surface area contributed by atoms with E-state index in [9.17, 15) is 9.90 Å². The van der Waals surface area contributed by atoms with Crippen LogP contribution in [0, 0.1) is 5.53 Å². The molecule has 0 saturated carbocycles. The first-order chi connectivity index (χ1) is 6.69. The first-order valence-corrected chi connectivity index (χ1v) is 3.68. The molecular formula is C8H8N3O3+. The third kappa shape index (κ3) is 1.94. The maximum Gasteiger partial charge on any atom is 0.337 e. The van der Waals surface area contributed by atoms with E-state index in [1.165, 1.54) is 25.3 Å². The lowest BCUT2D eigenvalue weighted by Crippen LogP contribution is -2.00. The Bertz CT molecular complexity index is 410. The zero-order valence-electron chi connectivity index (χ0n) is 7.39. The second kappa shape index (κ2) is 4.15. The van der Waals surface area contributed by atoms with Gasteiger partial charge in [-0.05, 0) is 18.2 Å². The Morgan fingerprint density at radius 1 is 1.64 bits per heavy atom. The number of nitrogens with one attached hydrogen (secondary N) is 1. The van der Waals surface area contributed by atoms with E-state index in [1.807, 2.05) is 0 Å². The summed E-state index contributed by atoms with van der Waals surface area (Å²) in [6.07, 6.45) is 0. The smallest absolute Gasteiger partial charge is 0.337 e. The van der Waals surface area contributed by atoms with Crippen LogP contribution >= 0.6 is 0 Å². The van der Waals surface area contributed by atoms with Gasteiger partial charge in [-0.1, -0.05) is 0 Å². The van der Waals surface area contributed by atoms with Gasteiger partial charge in [-0.2, -0.15) is 0 Å². The molecule has 0 bridgehead atoms. The number of hydrogen-bond acceptors (Lipinski definition) is 5. The summed E-state index contributed by atoms with van der Waals surface area (Å²) in [6, 6.07) is 3.97. The van der Waals surface area contributed by atoms with Crippen LogP contribution in [0.15, 0.2) is 23.3 Å². The summed E-state index contributed by atoms with van der Waals surface area (Å²) in [6.45, 7) is 0. The highest BCUT2D eigenvalue weighted by atomic mass is 16.5. The Morgan fingerprint density at radius 3 is 2.93 bits per heavy atom.